The number of hydrogen-bond acceptors (Lipinski definition) is 6. The summed E-state index contributed by atoms with van der Waals surface area (Å²) in [4.78, 5) is 13.7. The fourth-order valence-corrected chi connectivity index (χ4v) is 4.53. The minimum atomic E-state index is -0.442. The second-order valence-electron chi connectivity index (χ2n) is 8.07. The molecule has 1 unspecified atom stereocenters. The van der Waals surface area contributed by atoms with Crippen LogP contribution in [0.15, 0.2) is 60.7 Å². The van der Waals surface area contributed by atoms with E-state index in [4.69, 9.17) is 14.2 Å². The molecule has 0 aliphatic carbocycles. The summed E-state index contributed by atoms with van der Waals surface area (Å²) in [5, 5.41) is 11.6. The van der Waals surface area contributed by atoms with Crippen molar-refractivity contribution in [1.82, 2.24) is 0 Å². The highest BCUT2D eigenvalue weighted by Gasteiger charge is 2.27. The molecular weight excluding hydrogens is 420 g/mol. The topological polar surface area (TPSA) is 74.1 Å². The van der Waals surface area contributed by atoms with Gasteiger partial charge in [-0.2, -0.15) is 0 Å². The standard InChI is InChI=1S/C26H28N2O5/c1-31-24-14-21(15-25(32-2)26(24)33-3)22(17-28(29)30)19-9-10-23-20(13-19)11-12-27(23)16-18-7-5-4-6-8-18/h4-10,13-15,22H,11-12,16-17H2,1-3H3. The smallest absolute Gasteiger partial charge is 0.214 e. The molecule has 0 fully saturated rings. The summed E-state index contributed by atoms with van der Waals surface area (Å²) >= 11 is 0. The molecule has 0 saturated heterocycles. The van der Waals surface area contributed by atoms with Crippen molar-refractivity contribution in [3.8, 4) is 17.2 Å². The van der Waals surface area contributed by atoms with Crippen LogP contribution in [0.2, 0.25) is 0 Å². The van der Waals surface area contributed by atoms with Gasteiger partial charge in [0.1, 0.15) is 0 Å². The first kappa shape index (κ1) is 22.5. The molecule has 3 aromatic rings. The summed E-state index contributed by atoms with van der Waals surface area (Å²) in [6.07, 6.45) is 0.913. The Morgan fingerprint density at radius 2 is 1.64 bits per heavy atom. The minimum absolute atomic E-state index is 0.231. The van der Waals surface area contributed by atoms with Gasteiger partial charge >= 0.3 is 0 Å². The molecule has 0 bridgehead atoms. The molecule has 7 nitrogen and oxygen atoms in total. The van der Waals surface area contributed by atoms with Crippen LogP contribution in [0.1, 0.15) is 28.2 Å². The molecule has 1 atom stereocenters. The van der Waals surface area contributed by atoms with Gasteiger partial charge in [-0.05, 0) is 46.9 Å². The van der Waals surface area contributed by atoms with Crippen molar-refractivity contribution in [1.29, 1.82) is 0 Å². The Hall–Kier alpha value is -3.74. The third kappa shape index (κ3) is 4.72. The highest BCUT2D eigenvalue weighted by molar-refractivity contribution is 5.61. The molecule has 0 radical (unpaired) electrons. The van der Waals surface area contributed by atoms with Crippen LogP contribution in [-0.4, -0.2) is 39.3 Å². The molecule has 1 aliphatic heterocycles. The number of hydrogen-bond donors (Lipinski definition) is 0. The van der Waals surface area contributed by atoms with E-state index in [1.54, 1.807) is 26.4 Å². The normalized spacial score (nSPS) is 13.4. The van der Waals surface area contributed by atoms with Crippen molar-refractivity contribution in [2.75, 3.05) is 39.3 Å². The van der Waals surface area contributed by atoms with E-state index < -0.39 is 5.92 Å². The predicted molar refractivity (Wildman–Crippen MR) is 127 cm³/mol. The van der Waals surface area contributed by atoms with E-state index in [0.717, 1.165) is 30.6 Å². The summed E-state index contributed by atoms with van der Waals surface area (Å²) in [6, 6.07) is 20.2. The van der Waals surface area contributed by atoms with Crippen molar-refractivity contribution in [3.05, 3.63) is 93.0 Å². The Morgan fingerprint density at radius 3 is 2.24 bits per heavy atom. The highest BCUT2D eigenvalue weighted by atomic mass is 16.6. The van der Waals surface area contributed by atoms with Crippen molar-refractivity contribution >= 4 is 5.69 Å². The van der Waals surface area contributed by atoms with Gasteiger partial charge in [0, 0.05) is 23.7 Å². The Balaban J connectivity index is 1.69. The Kier molecular flexibility index (Phi) is 6.68. The first-order valence-electron chi connectivity index (χ1n) is 10.9. The Morgan fingerprint density at radius 1 is 0.939 bits per heavy atom. The third-order valence-electron chi connectivity index (χ3n) is 6.13. The van der Waals surface area contributed by atoms with E-state index in [2.05, 4.69) is 41.3 Å². The second-order valence-corrected chi connectivity index (χ2v) is 8.07. The van der Waals surface area contributed by atoms with Crippen LogP contribution in [-0.2, 0) is 13.0 Å². The number of ether oxygens (including phenoxy) is 3. The fourth-order valence-electron chi connectivity index (χ4n) is 4.53. The number of nitrogens with zero attached hydrogens (tertiary/aromatic N) is 2. The van der Waals surface area contributed by atoms with E-state index in [0.29, 0.717) is 17.2 Å². The van der Waals surface area contributed by atoms with Gasteiger partial charge in [-0.3, -0.25) is 10.1 Å². The SMILES string of the molecule is COc1cc(C(C[N+](=O)[O-])c2ccc3c(c2)CCN3Cc2ccccc2)cc(OC)c1OC. The molecule has 1 heterocycles. The number of nitro groups is 1. The van der Waals surface area contributed by atoms with Gasteiger partial charge in [-0.25, -0.2) is 0 Å². The molecule has 0 saturated carbocycles. The molecule has 3 aromatic carbocycles. The van der Waals surface area contributed by atoms with Crippen molar-refractivity contribution in [2.45, 2.75) is 18.9 Å². The number of rotatable bonds is 9. The molecule has 1 aliphatic rings. The lowest BCUT2D eigenvalue weighted by Crippen LogP contribution is -2.19. The van der Waals surface area contributed by atoms with Crippen LogP contribution >= 0.6 is 0 Å². The maximum Gasteiger partial charge on any atom is 0.214 e. The van der Waals surface area contributed by atoms with Crippen LogP contribution in [0.3, 0.4) is 0 Å². The Labute approximate surface area is 193 Å². The largest absolute Gasteiger partial charge is 0.493 e. The number of benzene rings is 3. The first-order chi connectivity index (χ1) is 16.0. The lowest BCUT2D eigenvalue weighted by molar-refractivity contribution is -0.481. The van der Waals surface area contributed by atoms with Crippen LogP contribution in [0.25, 0.3) is 0 Å². The van der Waals surface area contributed by atoms with E-state index in [1.807, 2.05) is 12.1 Å². The zero-order chi connectivity index (χ0) is 23.4. The molecule has 172 valence electrons. The summed E-state index contributed by atoms with van der Waals surface area (Å²) in [5.74, 6) is 0.988. The number of fused-ring (bicyclic) bond motifs is 1. The van der Waals surface area contributed by atoms with E-state index >= 15 is 0 Å². The maximum absolute atomic E-state index is 11.6. The van der Waals surface area contributed by atoms with E-state index in [1.165, 1.54) is 23.9 Å². The molecule has 0 amide bonds. The molecule has 0 N–H and O–H groups in total. The molecule has 4 rings (SSSR count). The van der Waals surface area contributed by atoms with Crippen LogP contribution in [0.5, 0.6) is 17.2 Å². The van der Waals surface area contributed by atoms with Crippen molar-refractivity contribution < 1.29 is 19.1 Å². The fraction of sp³-hybridized carbons (Fsp3) is 0.308. The van der Waals surface area contributed by atoms with Gasteiger partial charge in [-0.1, -0.05) is 42.5 Å². The van der Waals surface area contributed by atoms with Crippen molar-refractivity contribution in [2.24, 2.45) is 0 Å². The quantitative estimate of drug-likeness (QED) is 0.349. The average molecular weight is 449 g/mol. The molecule has 33 heavy (non-hydrogen) atoms. The Bertz CT molecular complexity index is 1110. The second kappa shape index (κ2) is 9.81. The van der Waals surface area contributed by atoms with Gasteiger partial charge in [-0.15, -0.1) is 0 Å². The molecular formula is C26H28N2O5. The maximum atomic E-state index is 11.6. The monoisotopic (exact) mass is 448 g/mol. The zero-order valence-corrected chi connectivity index (χ0v) is 19.1. The molecule has 7 heteroatoms. The van der Waals surface area contributed by atoms with Gasteiger partial charge in [0.2, 0.25) is 12.3 Å². The summed E-state index contributed by atoms with van der Waals surface area (Å²) in [6.45, 7) is 1.54. The minimum Gasteiger partial charge on any atom is -0.493 e. The summed E-state index contributed by atoms with van der Waals surface area (Å²) in [5.41, 5.74) is 5.32. The van der Waals surface area contributed by atoms with E-state index in [9.17, 15) is 10.1 Å². The predicted octanol–water partition coefficient (Wildman–Crippen LogP) is 4.68. The molecule has 0 spiro atoms. The highest BCUT2D eigenvalue weighted by Crippen LogP contribution is 2.42. The van der Waals surface area contributed by atoms with Gasteiger partial charge < -0.3 is 19.1 Å². The molecule has 0 aromatic heterocycles. The van der Waals surface area contributed by atoms with Crippen LogP contribution < -0.4 is 19.1 Å². The third-order valence-corrected chi connectivity index (χ3v) is 6.13. The van der Waals surface area contributed by atoms with Gasteiger partial charge in [0.05, 0.1) is 27.2 Å². The lowest BCUT2D eigenvalue weighted by atomic mass is 9.89. The average Bonchev–Trinajstić information content (AvgIpc) is 3.23. The summed E-state index contributed by atoms with van der Waals surface area (Å²) < 4.78 is 16.4. The van der Waals surface area contributed by atoms with Gasteiger partial charge in [0.15, 0.2) is 11.5 Å². The lowest BCUT2D eigenvalue weighted by Gasteiger charge is -2.21. The van der Waals surface area contributed by atoms with Crippen LogP contribution in [0, 0.1) is 10.1 Å². The number of anilines is 1. The van der Waals surface area contributed by atoms with Gasteiger partial charge in [0.25, 0.3) is 0 Å². The van der Waals surface area contributed by atoms with Crippen molar-refractivity contribution in [3.63, 3.8) is 0 Å². The van der Waals surface area contributed by atoms with Crippen LogP contribution in [0.4, 0.5) is 5.69 Å². The summed E-state index contributed by atoms with van der Waals surface area (Å²) in [7, 11) is 4.62. The zero-order valence-electron chi connectivity index (χ0n) is 19.1. The van der Waals surface area contributed by atoms with E-state index in [-0.39, 0.29) is 11.5 Å². The first-order valence-corrected chi connectivity index (χ1v) is 10.9. The number of methoxy groups -OCH3 is 3.